The van der Waals surface area contributed by atoms with E-state index < -0.39 is 11.8 Å². The van der Waals surface area contributed by atoms with E-state index in [-0.39, 0.29) is 19.3 Å². The van der Waals surface area contributed by atoms with Crippen molar-refractivity contribution in [2.75, 3.05) is 26.4 Å². The number of rotatable bonds is 7. The van der Waals surface area contributed by atoms with Crippen LogP contribution in [0.5, 0.6) is 0 Å². The summed E-state index contributed by atoms with van der Waals surface area (Å²) >= 11 is 0. The largest absolute Gasteiger partial charge is 0.377 e. The van der Waals surface area contributed by atoms with Crippen molar-refractivity contribution < 1.29 is 19.1 Å². The minimum Gasteiger partial charge on any atom is -0.377 e. The molecule has 0 aliphatic carbocycles. The first kappa shape index (κ1) is 14.6. The van der Waals surface area contributed by atoms with Crippen molar-refractivity contribution in [3.8, 4) is 0 Å². The van der Waals surface area contributed by atoms with Gasteiger partial charge < -0.3 is 9.47 Å². The Kier molecular flexibility index (Phi) is 5.25. The minimum atomic E-state index is -0.394. The zero-order chi connectivity index (χ0) is 13.7. The summed E-state index contributed by atoms with van der Waals surface area (Å²) in [6, 6.07) is 0. The van der Waals surface area contributed by atoms with Crippen LogP contribution in [0.3, 0.4) is 0 Å². The van der Waals surface area contributed by atoms with E-state index in [9.17, 15) is 9.59 Å². The van der Waals surface area contributed by atoms with Crippen LogP contribution < -0.4 is 0 Å². The zero-order valence-corrected chi connectivity index (χ0v) is 10.9. The van der Waals surface area contributed by atoms with Crippen LogP contribution in [0.25, 0.3) is 0 Å². The molecule has 100 valence electrons. The number of hydrogen-bond acceptors (Lipinski definition) is 4. The highest BCUT2D eigenvalue weighted by molar-refractivity contribution is 6.08. The van der Waals surface area contributed by atoms with E-state index in [0.717, 1.165) is 11.5 Å². The average Bonchev–Trinajstić information content (AvgIpc) is 3.11. The van der Waals surface area contributed by atoms with Gasteiger partial charge in [0.2, 0.25) is 0 Å². The average molecular weight is 253 g/mol. The Morgan fingerprint density at radius 2 is 1.78 bits per heavy atom. The quantitative estimate of drug-likeness (QED) is 0.384. The number of ether oxygens (including phenoxy) is 2. The number of carbonyl (C=O) groups is 2. The van der Waals surface area contributed by atoms with Gasteiger partial charge in [-0.25, -0.2) is 0 Å². The summed E-state index contributed by atoms with van der Waals surface area (Å²) in [5.41, 5.74) is 0.630. The van der Waals surface area contributed by atoms with Crippen LogP contribution in [0.4, 0.5) is 0 Å². The molecule has 0 bridgehead atoms. The van der Waals surface area contributed by atoms with Crippen molar-refractivity contribution in [3.63, 3.8) is 0 Å². The topological polar surface area (TPSA) is 59.1 Å². The standard InChI is InChI=1S/C13H19NO4/c1-9(2)12(15)14(13(16)10(3)4)5-6-17-7-11-8-18-11/h11H,1,3,5-8H2,2,4H3. The van der Waals surface area contributed by atoms with E-state index in [2.05, 4.69) is 13.2 Å². The Morgan fingerprint density at radius 3 is 2.17 bits per heavy atom. The van der Waals surface area contributed by atoms with E-state index in [1.54, 1.807) is 13.8 Å². The smallest absolute Gasteiger partial charge is 0.255 e. The number of nitrogens with zero attached hydrogens (tertiary/aromatic N) is 1. The van der Waals surface area contributed by atoms with Gasteiger partial charge >= 0.3 is 0 Å². The fourth-order valence-electron chi connectivity index (χ4n) is 1.29. The van der Waals surface area contributed by atoms with Gasteiger partial charge in [-0.05, 0) is 13.8 Å². The summed E-state index contributed by atoms with van der Waals surface area (Å²) in [4.78, 5) is 24.7. The van der Waals surface area contributed by atoms with E-state index in [4.69, 9.17) is 9.47 Å². The second kappa shape index (κ2) is 6.47. The molecule has 2 amide bonds. The van der Waals surface area contributed by atoms with Crippen LogP contribution in [0.1, 0.15) is 13.8 Å². The highest BCUT2D eigenvalue weighted by atomic mass is 16.6. The lowest BCUT2D eigenvalue weighted by molar-refractivity contribution is -0.140. The van der Waals surface area contributed by atoms with Crippen LogP contribution >= 0.6 is 0 Å². The summed E-state index contributed by atoms with van der Waals surface area (Å²) in [5.74, 6) is -0.788. The summed E-state index contributed by atoms with van der Waals surface area (Å²) in [6.07, 6.45) is 0.173. The zero-order valence-electron chi connectivity index (χ0n) is 10.9. The second-order valence-corrected chi connectivity index (χ2v) is 4.35. The number of amides is 2. The maximum absolute atomic E-state index is 11.8. The molecule has 1 fully saturated rings. The molecule has 1 aliphatic heterocycles. The Labute approximate surface area is 107 Å². The Morgan fingerprint density at radius 1 is 1.28 bits per heavy atom. The molecule has 18 heavy (non-hydrogen) atoms. The van der Waals surface area contributed by atoms with Crippen LogP contribution in [-0.4, -0.2) is 49.2 Å². The maximum atomic E-state index is 11.8. The highest BCUT2D eigenvalue weighted by Crippen LogP contribution is 2.09. The lowest BCUT2D eigenvalue weighted by Gasteiger charge is -2.20. The van der Waals surface area contributed by atoms with Gasteiger partial charge in [-0.15, -0.1) is 0 Å². The Balaban J connectivity index is 2.47. The molecule has 0 spiro atoms. The molecular formula is C13H19NO4. The lowest BCUT2D eigenvalue weighted by atomic mass is 10.2. The monoisotopic (exact) mass is 253 g/mol. The molecule has 5 nitrogen and oxygen atoms in total. The van der Waals surface area contributed by atoms with Gasteiger partial charge in [0, 0.05) is 11.1 Å². The van der Waals surface area contributed by atoms with Gasteiger partial charge in [0.1, 0.15) is 6.10 Å². The summed E-state index contributed by atoms with van der Waals surface area (Å²) < 4.78 is 10.3. The van der Waals surface area contributed by atoms with Gasteiger partial charge in [-0.3, -0.25) is 14.5 Å². The predicted molar refractivity (Wildman–Crippen MR) is 66.9 cm³/mol. The molecule has 1 atom stereocenters. The molecule has 1 unspecified atom stereocenters. The number of carbonyl (C=O) groups excluding carboxylic acids is 2. The van der Waals surface area contributed by atoms with Gasteiger partial charge in [0.25, 0.3) is 11.8 Å². The summed E-state index contributed by atoms with van der Waals surface area (Å²) in [5, 5.41) is 0. The molecule has 1 saturated heterocycles. The normalized spacial score (nSPS) is 17.1. The third kappa shape index (κ3) is 4.43. The van der Waals surface area contributed by atoms with Crippen molar-refractivity contribution >= 4 is 11.8 Å². The van der Waals surface area contributed by atoms with Gasteiger partial charge in [-0.1, -0.05) is 13.2 Å². The SMILES string of the molecule is C=C(C)C(=O)N(CCOCC1CO1)C(=O)C(=C)C. The number of imide groups is 1. The fraction of sp³-hybridized carbons (Fsp3) is 0.538. The second-order valence-electron chi connectivity index (χ2n) is 4.35. The van der Waals surface area contributed by atoms with Crippen LogP contribution in [-0.2, 0) is 19.1 Å². The van der Waals surface area contributed by atoms with Gasteiger partial charge in [-0.2, -0.15) is 0 Å². The molecule has 0 saturated carbocycles. The van der Waals surface area contributed by atoms with Crippen molar-refractivity contribution in [2.24, 2.45) is 0 Å². The third-order valence-corrected chi connectivity index (χ3v) is 2.39. The van der Waals surface area contributed by atoms with E-state index in [1.165, 1.54) is 0 Å². The van der Waals surface area contributed by atoms with Crippen molar-refractivity contribution in [2.45, 2.75) is 20.0 Å². The molecule has 1 aliphatic rings. The van der Waals surface area contributed by atoms with Crippen molar-refractivity contribution in [1.29, 1.82) is 0 Å². The summed E-state index contributed by atoms with van der Waals surface area (Å²) in [6.45, 7) is 11.9. The predicted octanol–water partition coefficient (Wildman–Crippen LogP) is 0.909. The van der Waals surface area contributed by atoms with Gasteiger partial charge in [0.15, 0.2) is 0 Å². The van der Waals surface area contributed by atoms with E-state index in [1.807, 2.05) is 0 Å². The molecule has 1 heterocycles. The van der Waals surface area contributed by atoms with Gasteiger partial charge in [0.05, 0.1) is 26.4 Å². The number of hydrogen-bond donors (Lipinski definition) is 0. The molecule has 0 aromatic heterocycles. The molecular weight excluding hydrogens is 234 g/mol. The first-order valence-corrected chi connectivity index (χ1v) is 5.80. The Bertz CT molecular complexity index is 345. The van der Waals surface area contributed by atoms with Crippen LogP contribution in [0.2, 0.25) is 0 Å². The highest BCUT2D eigenvalue weighted by Gasteiger charge is 2.24. The first-order valence-electron chi connectivity index (χ1n) is 5.80. The van der Waals surface area contributed by atoms with Crippen molar-refractivity contribution in [1.82, 2.24) is 4.90 Å². The maximum Gasteiger partial charge on any atom is 0.255 e. The minimum absolute atomic E-state index is 0.173. The molecule has 5 heteroatoms. The fourth-order valence-corrected chi connectivity index (χ4v) is 1.29. The summed E-state index contributed by atoms with van der Waals surface area (Å²) in [7, 11) is 0. The number of epoxide rings is 1. The Hall–Kier alpha value is -1.46. The molecule has 0 aromatic carbocycles. The molecule has 0 N–H and O–H groups in total. The third-order valence-electron chi connectivity index (χ3n) is 2.39. The molecule has 1 rings (SSSR count). The first-order chi connectivity index (χ1) is 8.43. The molecule has 0 radical (unpaired) electrons. The lowest BCUT2D eigenvalue weighted by Crippen LogP contribution is -2.40. The van der Waals surface area contributed by atoms with Crippen LogP contribution in [0, 0.1) is 0 Å². The van der Waals surface area contributed by atoms with E-state index in [0.29, 0.717) is 17.8 Å². The van der Waals surface area contributed by atoms with Crippen molar-refractivity contribution in [3.05, 3.63) is 24.3 Å². The van der Waals surface area contributed by atoms with E-state index >= 15 is 0 Å². The molecule has 0 aromatic rings. The van der Waals surface area contributed by atoms with Crippen LogP contribution in [0.15, 0.2) is 24.3 Å².